The topological polar surface area (TPSA) is 55.9 Å². The Morgan fingerprint density at radius 1 is 1.03 bits per heavy atom. The van der Waals surface area contributed by atoms with Crippen molar-refractivity contribution in [2.24, 2.45) is 0 Å². The third kappa shape index (κ3) is 3.70. The van der Waals surface area contributed by atoms with E-state index in [0.29, 0.717) is 5.69 Å². The third-order valence-electron chi connectivity index (χ3n) is 5.68. The molecule has 1 saturated heterocycles. The Labute approximate surface area is 169 Å². The molecule has 2 aliphatic rings. The van der Waals surface area contributed by atoms with Crippen LogP contribution in [0.15, 0.2) is 48.5 Å². The second-order valence-electron chi connectivity index (χ2n) is 8.00. The normalized spacial score (nSPS) is 18.9. The molecule has 1 fully saturated rings. The van der Waals surface area contributed by atoms with Gasteiger partial charge in [-0.2, -0.15) is 0 Å². The Morgan fingerprint density at radius 2 is 1.69 bits per heavy atom. The van der Waals surface area contributed by atoms with Crippen LogP contribution in [0.1, 0.15) is 13.8 Å². The summed E-state index contributed by atoms with van der Waals surface area (Å²) in [5, 5.41) is 2.89. The maximum absolute atomic E-state index is 13.2. The molecule has 1 N–H and O–H groups in total. The number of para-hydroxylation sites is 2. The highest BCUT2D eigenvalue weighted by atomic mass is 19.1. The molecule has 0 atom stereocenters. The van der Waals surface area contributed by atoms with Crippen molar-refractivity contribution in [3.05, 3.63) is 54.3 Å². The van der Waals surface area contributed by atoms with Gasteiger partial charge < -0.3 is 10.2 Å². The molecule has 2 aliphatic heterocycles. The number of nitrogens with zero attached hydrogens (tertiary/aromatic N) is 3. The quantitative estimate of drug-likeness (QED) is 0.867. The molecule has 0 radical (unpaired) electrons. The molecular weight excluding hydrogens is 371 g/mol. The highest BCUT2D eigenvalue weighted by Crippen LogP contribution is 2.36. The second kappa shape index (κ2) is 7.48. The van der Waals surface area contributed by atoms with E-state index >= 15 is 0 Å². The number of hydrogen-bond donors (Lipinski definition) is 1. The average molecular weight is 396 g/mol. The van der Waals surface area contributed by atoms with Crippen molar-refractivity contribution in [1.29, 1.82) is 0 Å². The van der Waals surface area contributed by atoms with Gasteiger partial charge in [-0.25, -0.2) is 4.39 Å². The van der Waals surface area contributed by atoms with Gasteiger partial charge in [0.25, 0.3) is 0 Å². The van der Waals surface area contributed by atoms with Crippen molar-refractivity contribution in [1.82, 2.24) is 4.90 Å². The van der Waals surface area contributed by atoms with E-state index in [2.05, 4.69) is 15.1 Å². The maximum atomic E-state index is 13.2. The van der Waals surface area contributed by atoms with Crippen LogP contribution in [0.25, 0.3) is 0 Å². The van der Waals surface area contributed by atoms with Crippen LogP contribution in [0.5, 0.6) is 0 Å². The van der Waals surface area contributed by atoms with Gasteiger partial charge in [-0.3, -0.25) is 19.4 Å². The van der Waals surface area contributed by atoms with E-state index in [1.54, 1.807) is 30.9 Å². The fraction of sp³-hybridized carbons (Fsp3) is 0.364. The first-order chi connectivity index (χ1) is 13.9. The van der Waals surface area contributed by atoms with Gasteiger partial charge in [-0.1, -0.05) is 12.1 Å². The number of piperazine rings is 1. The van der Waals surface area contributed by atoms with Gasteiger partial charge in [0.15, 0.2) is 0 Å². The molecule has 29 heavy (non-hydrogen) atoms. The summed E-state index contributed by atoms with van der Waals surface area (Å²) in [6.45, 7) is 6.77. The summed E-state index contributed by atoms with van der Waals surface area (Å²) >= 11 is 0. The SMILES string of the molecule is CC1(C)C(=O)Nc2ccccc2N1C(=O)CN1CCN(c2ccc(F)cc2)CC1. The van der Waals surface area contributed by atoms with Crippen LogP contribution in [0.3, 0.4) is 0 Å². The summed E-state index contributed by atoms with van der Waals surface area (Å²) < 4.78 is 13.1. The molecule has 2 amide bonds. The monoisotopic (exact) mass is 396 g/mol. The first-order valence-corrected chi connectivity index (χ1v) is 9.83. The van der Waals surface area contributed by atoms with Crippen molar-refractivity contribution in [2.45, 2.75) is 19.4 Å². The smallest absolute Gasteiger partial charge is 0.250 e. The lowest BCUT2D eigenvalue weighted by Crippen LogP contribution is -2.61. The molecule has 0 unspecified atom stereocenters. The number of benzene rings is 2. The highest BCUT2D eigenvalue weighted by molar-refractivity contribution is 6.14. The average Bonchev–Trinajstić information content (AvgIpc) is 2.70. The van der Waals surface area contributed by atoms with E-state index < -0.39 is 5.54 Å². The summed E-state index contributed by atoms with van der Waals surface area (Å²) in [6, 6.07) is 13.9. The molecule has 2 aromatic carbocycles. The molecule has 2 aromatic rings. The molecule has 7 heteroatoms. The molecule has 152 valence electrons. The Hall–Kier alpha value is -2.93. The van der Waals surface area contributed by atoms with Crippen LogP contribution >= 0.6 is 0 Å². The minimum absolute atomic E-state index is 0.0902. The molecule has 0 aromatic heterocycles. The van der Waals surface area contributed by atoms with Crippen LogP contribution in [-0.2, 0) is 9.59 Å². The van der Waals surface area contributed by atoms with Gasteiger partial charge in [0, 0.05) is 31.9 Å². The van der Waals surface area contributed by atoms with Crippen molar-refractivity contribution in [3.63, 3.8) is 0 Å². The minimum Gasteiger partial charge on any atom is -0.369 e. The first kappa shape index (κ1) is 19.4. The number of carbonyl (C=O) groups is 2. The number of anilines is 3. The number of rotatable bonds is 3. The highest BCUT2D eigenvalue weighted by Gasteiger charge is 2.43. The molecule has 6 nitrogen and oxygen atoms in total. The predicted octanol–water partition coefficient (Wildman–Crippen LogP) is 2.71. The molecule has 0 aliphatic carbocycles. The summed E-state index contributed by atoms with van der Waals surface area (Å²) in [7, 11) is 0. The Kier molecular flexibility index (Phi) is 5.00. The Balaban J connectivity index is 1.44. The molecule has 0 spiro atoms. The van der Waals surface area contributed by atoms with E-state index in [9.17, 15) is 14.0 Å². The molecule has 4 rings (SSSR count). The van der Waals surface area contributed by atoms with Gasteiger partial charge in [0.1, 0.15) is 11.4 Å². The van der Waals surface area contributed by atoms with E-state index in [4.69, 9.17) is 0 Å². The van der Waals surface area contributed by atoms with Crippen LogP contribution in [0.2, 0.25) is 0 Å². The van der Waals surface area contributed by atoms with Gasteiger partial charge in [0.2, 0.25) is 11.8 Å². The molecule has 0 saturated carbocycles. The van der Waals surface area contributed by atoms with Crippen molar-refractivity contribution < 1.29 is 14.0 Å². The zero-order valence-electron chi connectivity index (χ0n) is 16.7. The van der Waals surface area contributed by atoms with E-state index in [-0.39, 0.29) is 24.2 Å². The van der Waals surface area contributed by atoms with Crippen molar-refractivity contribution in [2.75, 3.05) is 47.8 Å². The van der Waals surface area contributed by atoms with Crippen LogP contribution < -0.4 is 15.1 Å². The van der Waals surface area contributed by atoms with Gasteiger partial charge in [0.05, 0.1) is 17.9 Å². The summed E-state index contributed by atoms with van der Waals surface area (Å²) in [4.78, 5) is 31.7. The number of fused-ring (bicyclic) bond motifs is 1. The molecule has 0 bridgehead atoms. The zero-order valence-corrected chi connectivity index (χ0v) is 16.7. The summed E-state index contributed by atoms with van der Waals surface area (Å²) in [5.74, 6) is -0.523. The van der Waals surface area contributed by atoms with Crippen LogP contribution in [-0.4, -0.2) is 55.0 Å². The van der Waals surface area contributed by atoms with E-state index in [1.165, 1.54) is 12.1 Å². The Bertz CT molecular complexity index is 921. The first-order valence-electron chi connectivity index (χ1n) is 9.83. The fourth-order valence-corrected chi connectivity index (χ4v) is 3.98. The number of amides is 2. The largest absolute Gasteiger partial charge is 0.369 e. The number of carbonyl (C=O) groups excluding carboxylic acids is 2. The van der Waals surface area contributed by atoms with Crippen molar-refractivity contribution >= 4 is 28.9 Å². The van der Waals surface area contributed by atoms with Crippen LogP contribution in [0.4, 0.5) is 21.5 Å². The number of halogens is 1. The molecule has 2 heterocycles. The molecular formula is C22H25FN4O2. The standard InChI is InChI=1S/C22H25FN4O2/c1-22(2)21(29)24-18-5-3-4-6-19(18)27(22)20(28)15-25-11-13-26(14-12-25)17-9-7-16(23)8-10-17/h3-10H,11-15H2,1-2H3,(H,24,29). The van der Waals surface area contributed by atoms with E-state index in [1.807, 2.05) is 24.3 Å². The van der Waals surface area contributed by atoms with Gasteiger partial charge in [-0.05, 0) is 50.2 Å². The van der Waals surface area contributed by atoms with Crippen LogP contribution in [0, 0.1) is 5.82 Å². The van der Waals surface area contributed by atoms with Gasteiger partial charge in [-0.15, -0.1) is 0 Å². The predicted molar refractivity (Wildman–Crippen MR) is 112 cm³/mol. The lowest BCUT2D eigenvalue weighted by molar-refractivity contribution is -0.127. The lowest BCUT2D eigenvalue weighted by atomic mass is 9.96. The second-order valence-corrected chi connectivity index (χ2v) is 8.00. The number of nitrogens with one attached hydrogen (secondary N) is 1. The summed E-state index contributed by atoms with van der Waals surface area (Å²) in [5.41, 5.74) is 1.42. The minimum atomic E-state index is -0.957. The Morgan fingerprint density at radius 3 is 2.38 bits per heavy atom. The van der Waals surface area contributed by atoms with E-state index in [0.717, 1.165) is 37.6 Å². The van der Waals surface area contributed by atoms with Gasteiger partial charge >= 0.3 is 0 Å². The lowest BCUT2D eigenvalue weighted by Gasteiger charge is -2.43. The van der Waals surface area contributed by atoms with Crippen molar-refractivity contribution in [3.8, 4) is 0 Å². The summed E-state index contributed by atoms with van der Waals surface area (Å²) in [6.07, 6.45) is 0. The number of hydrogen-bond acceptors (Lipinski definition) is 4. The zero-order chi connectivity index (χ0) is 20.6. The fourth-order valence-electron chi connectivity index (χ4n) is 3.98. The third-order valence-corrected chi connectivity index (χ3v) is 5.68. The maximum Gasteiger partial charge on any atom is 0.250 e.